The van der Waals surface area contributed by atoms with Crippen molar-refractivity contribution in [3.8, 4) is 17.5 Å². The second-order valence-corrected chi connectivity index (χ2v) is 6.74. The van der Waals surface area contributed by atoms with Crippen molar-refractivity contribution in [2.45, 2.75) is 0 Å². The van der Waals surface area contributed by atoms with Crippen LogP contribution in [0, 0.1) is 11.3 Å². The number of nitrogens with zero attached hydrogens (tertiary/aromatic N) is 3. The molecule has 1 heterocycles. The van der Waals surface area contributed by atoms with Gasteiger partial charge < -0.3 is 9.84 Å². The molecule has 0 amide bonds. The number of para-hydroxylation sites is 2. The van der Waals surface area contributed by atoms with E-state index in [4.69, 9.17) is 4.74 Å². The van der Waals surface area contributed by atoms with Crippen LogP contribution in [0.1, 0.15) is 27.2 Å². The summed E-state index contributed by atoms with van der Waals surface area (Å²) in [7, 11) is 1.42. The highest BCUT2D eigenvalue weighted by Crippen LogP contribution is 2.22. The van der Waals surface area contributed by atoms with Gasteiger partial charge in [-0.2, -0.15) is 15.0 Å². The molecular formula is C21H14BrN3O4. The fourth-order valence-electron chi connectivity index (χ4n) is 2.69. The molecule has 0 saturated carbocycles. The van der Waals surface area contributed by atoms with Gasteiger partial charge in [0, 0.05) is 10.0 Å². The standard InChI is InChI=1S/C21H14BrN3O4/c1-29-18-5-3-2-4-17(18)25-20(26)16(12-23)15(19(24-25)21(27)28)11-8-13-6-9-14(22)10-7-13/h2-11H,1H3,(H,27,28)/b11-8-. The Hall–Kier alpha value is -3.70. The lowest BCUT2D eigenvalue weighted by Gasteiger charge is -2.12. The molecule has 3 rings (SSSR count). The van der Waals surface area contributed by atoms with Crippen LogP contribution >= 0.6 is 15.9 Å². The molecular weight excluding hydrogens is 438 g/mol. The molecule has 0 aliphatic rings. The average molecular weight is 452 g/mol. The van der Waals surface area contributed by atoms with Crippen molar-refractivity contribution in [1.29, 1.82) is 5.26 Å². The number of carboxylic acids is 1. The smallest absolute Gasteiger partial charge is 0.357 e. The fraction of sp³-hybridized carbons (Fsp3) is 0.0476. The summed E-state index contributed by atoms with van der Waals surface area (Å²) in [6.07, 6.45) is 3.02. The summed E-state index contributed by atoms with van der Waals surface area (Å²) < 4.78 is 6.99. The first kappa shape index (κ1) is 20.0. The minimum atomic E-state index is -1.36. The highest BCUT2D eigenvalue weighted by atomic mass is 79.9. The molecule has 0 fully saturated rings. The van der Waals surface area contributed by atoms with E-state index < -0.39 is 17.2 Å². The number of methoxy groups -OCH3 is 1. The molecule has 3 aromatic rings. The molecule has 8 heteroatoms. The number of aromatic carboxylic acids is 1. The van der Waals surface area contributed by atoms with E-state index in [2.05, 4.69) is 21.0 Å². The van der Waals surface area contributed by atoms with Crippen molar-refractivity contribution >= 4 is 34.1 Å². The van der Waals surface area contributed by atoms with E-state index in [1.165, 1.54) is 13.2 Å². The van der Waals surface area contributed by atoms with Crippen molar-refractivity contribution in [3.05, 3.63) is 85.7 Å². The molecule has 2 aromatic carbocycles. The molecule has 0 saturated heterocycles. The minimum Gasteiger partial charge on any atom is -0.494 e. The van der Waals surface area contributed by atoms with Crippen molar-refractivity contribution < 1.29 is 14.6 Å². The molecule has 0 atom stereocenters. The van der Waals surface area contributed by atoms with Crippen LogP contribution in [0.25, 0.3) is 17.8 Å². The highest BCUT2D eigenvalue weighted by Gasteiger charge is 2.22. The number of halogens is 1. The van der Waals surface area contributed by atoms with Gasteiger partial charge >= 0.3 is 5.97 Å². The van der Waals surface area contributed by atoms with Gasteiger partial charge in [-0.25, -0.2) is 4.79 Å². The summed E-state index contributed by atoms with van der Waals surface area (Å²) >= 11 is 3.34. The second kappa shape index (κ2) is 8.54. The lowest BCUT2D eigenvalue weighted by Crippen LogP contribution is -2.28. The number of hydrogen-bond acceptors (Lipinski definition) is 5. The van der Waals surface area contributed by atoms with Gasteiger partial charge in [0.1, 0.15) is 23.1 Å². The zero-order chi connectivity index (χ0) is 21.0. The van der Waals surface area contributed by atoms with Gasteiger partial charge in [-0.15, -0.1) is 0 Å². The molecule has 0 spiro atoms. The number of benzene rings is 2. The molecule has 1 N–H and O–H groups in total. The minimum absolute atomic E-state index is 0.0564. The van der Waals surface area contributed by atoms with Crippen LogP contribution in [-0.4, -0.2) is 28.0 Å². The third-order valence-corrected chi connectivity index (χ3v) is 4.60. The third kappa shape index (κ3) is 4.10. The van der Waals surface area contributed by atoms with Crippen molar-refractivity contribution in [3.63, 3.8) is 0 Å². The molecule has 144 valence electrons. The van der Waals surface area contributed by atoms with Crippen LogP contribution in [0.5, 0.6) is 5.75 Å². The molecule has 0 radical (unpaired) electrons. The Morgan fingerprint density at radius 3 is 2.52 bits per heavy atom. The van der Waals surface area contributed by atoms with Crippen LogP contribution in [-0.2, 0) is 0 Å². The average Bonchev–Trinajstić information content (AvgIpc) is 2.73. The third-order valence-electron chi connectivity index (χ3n) is 4.07. The van der Waals surface area contributed by atoms with Crippen molar-refractivity contribution in [1.82, 2.24) is 9.78 Å². The van der Waals surface area contributed by atoms with Gasteiger partial charge in [0.15, 0.2) is 5.69 Å². The van der Waals surface area contributed by atoms with E-state index >= 15 is 0 Å². The maximum Gasteiger partial charge on any atom is 0.357 e. The monoisotopic (exact) mass is 451 g/mol. The Labute approximate surface area is 174 Å². The lowest BCUT2D eigenvalue weighted by atomic mass is 10.1. The van der Waals surface area contributed by atoms with E-state index in [0.29, 0.717) is 5.75 Å². The number of ether oxygens (including phenoxy) is 1. The van der Waals surface area contributed by atoms with Gasteiger partial charge in [0.25, 0.3) is 5.56 Å². The van der Waals surface area contributed by atoms with E-state index in [0.717, 1.165) is 14.7 Å². The second-order valence-electron chi connectivity index (χ2n) is 5.83. The number of nitriles is 1. The number of carbonyl (C=O) groups is 1. The number of rotatable bonds is 5. The summed E-state index contributed by atoms with van der Waals surface area (Å²) in [5.74, 6) is -1.04. The summed E-state index contributed by atoms with van der Waals surface area (Å²) in [6.45, 7) is 0. The first-order valence-electron chi connectivity index (χ1n) is 8.34. The van der Waals surface area contributed by atoms with E-state index in [1.807, 2.05) is 18.2 Å². The summed E-state index contributed by atoms with van der Waals surface area (Å²) in [4.78, 5) is 24.7. The quantitative estimate of drug-likeness (QED) is 0.633. The Bertz CT molecular complexity index is 1210. The van der Waals surface area contributed by atoms with Crippen LogP contribution in [0.2, 0.25) is 0 Å². The Morgan fingerprint density at radius 2 is 1.90 bits per heavy atom. The predicted octanol–water partition coefficient (Wildman–Crippen LogP) is 3.74. The molecule has 1 aromatic heterocycles. The maximum absolute atomic E-state index is 12.9. The molecule has 0 aliphatic carbocycles. The lowest BCUT2D eigenvalue weighted by molar-refractivity contribution is 0.0688. The zero-order valence-corrected chi connectivity index (χ0v) is 16.8. The molecule has 29 heavy (non-hydrogen) atoms. The van der Waals surface area contributed by atoms with Gasteiger partial charge in [-0.3, -0.25) is 4.79 Å². The topological polar surface area (TPSA) is 105 Å². The van der Waals surface area contributed by atoms with Crippen molar-refractivity contribution in [2.24, 2.45) is 0 Å². The van der Waals surface area contributed by atoms with E-state index in [1.54, 1.807) is 42.5 Å². The molecule has 0 aliphatic heterocycles. The van der Waals surface area contributed by atoms with Crippen molar-refractivity contribution in [2.75, 3.05) is 7.11 Å². The van der Waals surface area contributed by atoms with Crippen LogP contribution < -0.4 is 10.3 Å². The first-order chi connectivity index (χ1) is 14.0. The zero-order valence-electron chi connectivity index (χ0n) is 15.2. The van der Waals surface area contributed by atoms with Gasteiger partial charge in [0.05, 0.1) is 7.11 Å². The summed E-state index contributed by atoms with van der Waals surface area (Å²) in [5.41, 5.74) is -0.529. The largest absolute Gasteiger partial charge is 0.494 e. The van der Waals surface area contributed by atoms with Crippen LogP contribution in [0.4, 0.5) is 0 Å². The Balaban J connectivity index is 2.24. The predicted molar refractivity (Wildman–Crippen MR) is 111 cm³/mol. The van der Waals surface area contributed by atoms with Gasteiger partial charge in [-0.1, -0.05) is 52.3 Å². The molecule has 0 bridgehead atoms. The van der Waals surface area contributed by atoms with E-state index in [9.17, 15) is 20.0 Å². The normalized spacial score (nSPS) is 10.7. The number of hydrogen-bond donors (Lipinski definition) is 1. The number of aromatic nitrogens is 2. The van der Waals surface area contributed by atoms with Crippen LogP contribution in [0.15, 0.2) is 57.8 Å². The maximum atomic E-state index is 12.9. The summed E-state index contributed by atoms with van der Waals surface area (Å²) in [5, 5.41) is 23.2. The Morgan fingerprint density at radius 1 is 1.21 bits per heavy atom. The van der Waals surface area contributed by atoms with Gasteiger partial charge in [0.2, 0.25) is 0 Å². The molecule has 0 unspecified atom stereocenters. The van der Waals surface area contributed by atoms with Crippen LogP contribution in [0.3, 0.4) is 0 Å². The fourth-order valence-corrected chi connectivity index (χ4v) is 2.95. The highest BCUT2D eigenvalue weighted by molar-refractivity contribution is 9.10. The van der Waals surface area contributed by atoms with E-state index in [-0.39, 0.29) is 16.8 Å². The SMILES string of the molecule is COc1ccccc1-n1nc(C(=O)O)c(/C=C\c2ccc(Br)cc2)c(C#N)c1=O. The number of carboxylic acid groups (broad SMARTS) is 1. The molecule has 7 nitrogen and oxygen atoms in total. The first-order valence-corrected chi connectivity index (χ1v) is 9.13. The Kier molecular flexibility index (Phi) is 5.90. The van der Waals surface area contributed by atoms with Gasteiger partial charge in [-0.05, 0) is 29.8 Å². The summed E-state index contributed by atoms with van der Waals surface area (Å²) in [6, 6.07) is 15.6.